The topological polar surface area (TPSA) is 21.3 Å². The Bertz CT molecular complexity index is 494. The first-order valence-electron chi connectivity index (χ1n) is 6.31. The van der Waals surface area contributed by atoms with E-state index in [0.29, 0.717) is 6.61 Å². The molecule has 2 aromatic carbocycles. The standard InChI is InChI=1S/C16H19NO/c1-3-18-16-11-15(10-9-13(16)2)17-12-14-7-5-4-6-8-14/h4-11,17H,3,12H2,1-2H3. The van der Waals surface area contributed by atoms with Crippen molar-refractivity contribution in [2.75, 3.05) is 11.9 Å². The summed E-state index contributed by atoms with van der Waals surface area (Å²) in [6.07, 6.45) is 0. The van der Waals surface area contributed by atoms with Crippen molar-refractivity contribution in [2.45, 2.75) is 20.4 Å². The normalized spacial score (nSPS) is 10.1. The minimum absolute atomic E-state index is 0.697. The van der Waals surface area contributed by atoms with E-state index in [0.717, 1.165) is 18.0 Å². The van der Waals surface area contributed by atoms with Crippen LogP contribution in [0.25, 0.3) is 0 Å². The van der Waals surface area contributed by atoms with Gasteiger partial charge in [-0.3, -0.25) is 0 Å². The number of ether oxygens (including phenoxy) is 1. The van der Waals surface area contributed by atoms with Crippen LogP contribution in [0, 0.1) is 6.92 Å². The van der Waals surface area contributed by atoms with Crippen LogP contribution in [0.15, 0.2) is 48.5 Å². The lowest BCUT2D eigenvalue weighted by Gasteiger charge is -2.11. The molecule has 2 nitrogen and oxygen atoms in total. The van der Waals surface area contributed by atoms with Gasteiger partial charge in [-0.05, 0) is 31.0 Å². The first-order valence-corrected chi connectivity index (χ1v) is 6.31. The molecule has 0 saturated heterocycles. The van der Waals surface area contributed by atoms with Crippen molar-refractivity contribution in [3.63, 3.8) is 0 Å². The van der Waals surface area contributed by atoms with Crippen molar-refractivity contribution in [3.05, 3.63) is 59.7 Å². The third-order valence-corrected chi connectivity index (χ3v) is 2.83. The van der Waals surface area contributed by atoms with Gasteiger partial charge in [0.05, 0.1) is 6.61 Å². The zero-order valence-electron chi connectivity index (χ0n) is 10.9. The summed E-state index contributed by atoms with van der Waals surface area (Å²) in [4.78, 5) is 0. The Kier molecular flexibility index (Phi) is 4.24. The van der Waals surface area contributed by atoms with Crippen molar-refractivity contribution < 1.29 is 4.74 Å². The zero-order valence-corrected chi connectivity index (χ0v) is 10.9. The molecule has 2 aromatic rings. The molecule has 0 aliphatic carbocycles. The number of anilines is 1. The van der Waals surface area contributed by atoms with Crippen LogP contribution in [0.3, 0.4) is 0 Å². The molecule has 0 unspecified atom stereocenters. The van der Waals surface area contributed by atoms with Crippen LogP contribution in [0.1, 0.15) is 18.1 Å². The fourth-order valence-electron chi connectivity index (χ4n) is 1.82. The van der Waals surface area contributed by atoms with Crippen LogP contribution in [-0.4, -0.2) is 6.61 Å². The van der Waals surface area contributed by atoms with E-state index in [2.05, 4.69) is 54.7 Å². The van der Waals surface area contributed by atoms with Crippen LogP contribution in [0.5, 0.6) is 5.75 Å². The van der Waals surface area contributed by atoms with Gasteiger partial charge in [0.15, 0.2) is 0 Å². The third kappa shape index (κ3) is 3.27. The number of hydrogen-bond acceptors (Lipinski definition) is 2. The molecule has 94 valence electrons. The van der Waals surface area contributed by atoms with Crippen molar-refractivity contribution >= 4 is 5.69 Å². The molecule has 0 aliphatic heterocycles. The van der Waals surface area contributed by atoms with Crippen molar-refractivity contribution in [3.8, 4) is 5.75 Å². The number of hydrogen-bond donors (Lipinski definition) is 1. The number of rotatable bonds is 5. The predicted molar refractivity (Wildman–Crippen MR) is 76.1 cm³/mol. The lowest BCUT2D eigenvalue weighted by molar-refractivity contribution is 0.338. The van der Waals surface area contributed by atoms with E-state index >= 15 is 0 Å². The quantitative estimate of drug-likeness (QED) is 0.854. The first-order chi connectivity index (χ1) is 8.79. The summed E-state index contributed by atoms with van der Waals surface area (Å²) in [6, 6.07) is 16.6. The number of benzene rings is 2. The summed E-state index contributed by atoms with van der Waals surface area (Å²) >= 11 is 0. The Balaban J connectivity index is 2.03. The summed E-state index contributed by atoms with van der Waals surface area (Å²) < 4.78 is 5.59. The maximum atomic E-state index is 5.59. The summed E-state index contributed by atoms with van der Waals surface area (Å²) in [5.74, 6) is 0.954. The molecule has 0 aliphatic rings. The highest BCUT2D eigenvalue weighted by atomic mass is 16.5. The van der Waals surface area contributed by atoms with E-state index in [4.69, 9.17) is 4.74 Å². The van der Waals surface area contributed by atoms with Crippen LogP contribution < -0.4 is 10.1 Å². The van der Waals surface area contributed by atoms with Gasteiger partial charge in [0.2, 0.25) is 0 Å². The van der Waals surface area contributed by atoms with E-state index in [1.165, 1.54) is 11.1 Å². The lowest BCUT2D eigenvalue weighted by atomic mass is 10.2. The maximum Gasteiger partial charge on any atom is 0.124 e. The van der Waals surface area contributed by atoms with Crippen molar-refractivity contribution in [2.24, 2.45) is 0 Å². The molecule has 0 heterocycles. The molecular formula is C16H19NO. The molecule has 0 saturated carbocycles. The highest BCUT2D eigenvalue weighted by Crippen LogP contribution is 2.23. The van der Waals surface area contributed by atoms with E-state index < -0.39 is 0 Å². The molecule has 0 radical (unpaired) electrons. The summed E-state index contributed by atoms with van der Waals surface area (Å²) in [5, 5.41) is 3.41. The second-order valence-electron chi connectivity index (χ2n) is 4.25. The van der Waals surface area contributed by atoms with Gasteiger partial charge >= 0.3 is 0 Å². The summed E-state index contributed by atoms with van der Waals surface area (Å²) in [5.41, 5.74) is 3.53. The Labute approximate surface area is 109 Å². The van der Waals surface area contributed by atoms with Crippen molar-refractivity contribution in [1.29, 1.82) is 0 Å². The molecule has 18 heavy (non-hydrogen) atoms. The smallest absolute Gasteiger partial charge is 0.124 e. The lowest BCUT2D eigenvalue weighted by Crippen LogP contribution is -2.00. The average Bonchev–Trinajstić information content (AvgIpc) is 2.41. The van der Waals surface area contributed by atoms with E-state index in [9.17, 15) is 0 Å². The summed E-state index contributed by atoms with van der Waals surface area (Å²) in [6.45, 7) is 5.59. The van der Waals surface area contributed by atoms with E-state index in [1.54, 1.807) is 0 Å². The van der Waals surface area contributed by atoms with Crippen molar-refractivity contribution in [1.82, 2.24) is 0 Å². The fraction of sp³-hybridized carbons (Fsp3) is 0.250. The van der Waals surface area contributed by atoms with E-state index in [1.807, 2.05) is 13.0 Å². The molecule has 0 bridgehead atoms. The fourth-order valence-corrected chi connectivity index (χ4v) is 1.82. The summed E-state index contributed by atoms with van der Waals surface area (Å²) in [7, 11) is 0. The highest BCUT2D eigenvalue weighted by molar-refractivity contribution is 5.51. The minimum Gasteiger partial charge on any atom is -0.494 e. The van der Waals surface area contributed by atoms with Crippen LogP contribution in [0.2, 0.25) is 0 Å². The number of aryl methyl sites for hydroxylation is 1. The highest BCUT2D eigenvalue weighted by Gasteiger charge is 2.00. The molecule has 0 atom stereocenters. The number of nitrogens with one attached hydrogen (secondary N) is 1. The van der Waals surface area contributed by atoms with E-state index in [-0.39, 0.29) is 0 Å². The Hall–Kier alpha value is -1.96. The average molecular weight is 241 g/mol. The largest absolute Gasteiger partial charge is 0.494 e. The van der Waals surface area contributed by atoms with Gasteiger partial charge < -0.3 is 10.1 Å². The molecule has 0 fully saturated rings. The second kappa shape index (κ2) is 6.10. The molecule has 2 heteroatoms. The van der Waals surface area contributed by atoms with Crippen LogP contribution in [-0.2, 0) is 6.54 Å². The van der Waals surface area contributed by atoms with Gasteiger partial charge in [0.1, 0.15) is 5.75 Å². The zero-order chi connectivity index (χ0) is 12.8. The molecular weight excluding hydrogens is 222 g/mol. The van der Waals surface area contributed by atoms with Crippen LogP contribution in [0.4, 0.5) is 5.69 Å². The Morgan fingerprint density at radius 3 is 2.56 bits per heavy atom. The molecule has 0 spiro atoms. The predicted octanol–water partition coefficient (Wildman–Crippen LogP) is 4.01. The van der Waals surface area contributed by atoms with Gasteiger partial charge in [-0.25, -0.2) is 0 Å². The van der Waals surface area contributed by atoms with Gasteiger partial charge in [-0.1, -0.05) is 36.4 Å². The van der Waals surface area contributed by atoms with Crippen LogP contribution >= 0.6 is 0 Å². The second-order valence-corrected chi connectivity index (χ2v) is 4.25. The monoisotopic (exact) mass is 241 g/mol. The Morgan fingerprint density at radius 2 is 1.83 bits per heavy atom. The maximum absolute atomic E-state index is 5.59. The molecule has 1 N–H and O–H groups in total. The Morgan fingerprint density at radius 1 is 1.06 bits per heavy atom. The third-order valence-electron chi connectivity index (χ3n) is 2.83. The molecule has 0 aromatic heterocycles. The van der Waals surface area contributed by atoms with Gasteiger partial charge in [0, 0.05) is 18.3 Å². The first kappa shape index (κ1) is 12.5. The van der Waals surface area contributed by atoms with Gasteiger partial charge in [-0.15, -0.1) is 0 Å². The van der Waals surface area contributed by atoms with Gasteiger partial charge in [-0.2, -0.15) is 0 Å². The SMILES string of the molecule is CCOc1cc(NCc2ccccc2)ccc1C. The molecule has 2 rings (SSSR count). The molecule has 0 amide bonds. The van der Waals surface area contributed by atoms with Gasteiger partial charge in [0.25, 0.3) is 0 Å². The minimum atomic E-state index is 0.697.